The molecule has 0 bridgehead atoms. The second-order valence-corrected chi connectivity index (χ2v) is 5.05. The predicted molar refractivity (Wildman–Crippen MR) is 74.6 cm³/mol. The molecule has 0 radical (unpaired) electrons. The summed E-state index contributed by atoms with van der Waals surface area (Å²) in [4.78, 5) is 11.5. The van der Waals surface area contributed by atoms with Crippen LogP contribution in [-0.2, 0) is 16.1 Å². The number of carbonyl (C=O) groups excluding carboxylic acids is 1. The normalized spacial score (nSPS) is 17.0. The van der Waals surface area contributed by atoms with Gasteiger partial charge in [0, 0.05) is 12.2 Å². The lowest BCUT2D eigenvalue weighted by molar-refractivity contribution is -0.122. The third kappa shape index (κ3) is 2.72. The first kappa shape index (κ1) is 12.9. The molecular formula is C15H17N3O2. The highest BCUT2D eigenvalue weighted by Crippen LogP contribution is 2.14. The van der Waals surface area contributed by atoms with E-state index in [1.165, 1.54) is 0 Å². The van der Waals surface area contributed by atoms with Crippen molar-refractivity contribution < 1.29 is 9.53 Å². The van der Waals surface area contributed by atoms with Crippen LogP contribution in [-0.4, -0.2) is 28.4 Å². The lowest BCUT2D eigenvalue weighted by Gasteiger charge is -2.08. The molecule has 0 spiro atoms. The molecule has 1 aromatic carbocycles. The van der Waals surface area contributed by atoms with Gasteiger partial charge in [-0.1, -0.05) is 12.1 Å². The van der Waals surface area contributed by atoms with Gasteiger partial charge in [-0.3, -0.25) is 4.79 Å². The smallest absolute Gasteiger partial charge is 0.251 e. The lowest BCUT2D eigenvalue weighted by atomic mass is 10.2. The van der Waals surface area contributed by atoms with Crippen LogP contribution in [0.15, 0.2) is 30.3 Å². The zero-order chi connectivity index (χ0) is 14.1. The predicted octanol–water partition coefficient (Wildman–Crippen LogP) is 1.50. The number of benzene rings is 1. The Morgan fingerprint density at radius 2 is 2.25 bits per heavy atom. The maximum Gasteiger partial charge on any atom is 0.251 e. The quantitative estimate of drug-likeness (QED) is 0.857. The minimum absolute atomic E-state index is 0.0403. The first-order valence-electron chi connectivity index (χ1n) is 6.65. The van der Waals surface area contributed by atoms with Gasteiger partial charge in [-0.25, -0.2) is 4.68 Å². The van der Waals surface area contributed by atoms with Crippen LogP contribution in [0.5, 0.6) is 0 Å². The van der Waals surface area contributed by atoms with Crippen LogP contribution in [0.1, 0.15) is 17.0 Å². The van der Waals surface area contributed by atoms with E-state index in [9.17, 15) is 4.79 Å². The number of carbonyl (C=O) groups is 1. The number of ether oxygens (including phenoxy) is 1. The average Bonchev–Trinajstić information content (AvgIpc) is 3.22. The molecule has 20 heavy (non-hydrogen) atoms. The van der Waals surface area contributed by atoms with Gasteiger partial charge < -0.3 is 10.1 Å². The van der Waals surface area contributed by atoms with E-state index in [1.807, 2.05) is 48.9 Å². The van der Waals surface area contributed by atoms with Crippen LogP contribution in [0.3, 0.4) is 0 Å². The maximum atomic E-state index is 11.5. The molecule has 3 rings (SSSR count). The molecule has 1 aliphatic heterocycles. The van der Waals surface area contributed by atoms with E-state index >= 15 is 0 Å². The van der Waals surface area contributed by atoms with E-state index < -0.39 is 0 Å². The summed E-state index contributed by atoms with van der Waals surface area (Å²) in [6, 6.07) is 10.0. The van der Waals surface area contributed by atoms with Crippen LogP contribution in [0, 0.1) is 13.8 Å². The van der Waals surface area contributed by atoms with Crippen LogP contribution in [0.25, 0.3) is 5.69 Å². The molecule has 2 aromatic rings. The minimum Gasteiger partial charge on any atom is -0.363 e. The molecule has 5 heteroatoms. The van der Waals surface area contributed by atoms with Gasteiger partial charge in [-0.15, -0.1) is 0 Å². The fourth-order valence-corrected chi connectivity index (χ4v) is 2.19. The molecule has 1 amide bonds. The van der Waals surface area contributed by atoms with Crippen molar-refractivity contribution in [3.05, 3.63) is 47.3 Å². The molecule has 2 heterocycles. The van der Waals surface area contributed by atoms with Crippen molar-refractivity contribution in [1.29, 1.82) is 0 Å². The average molecular weight is 271 g/mol. The number of nitrogens with zero attached hydrogens (tertiary/aromatic N) is 2. The zero-order valence-corrected chi connectivity index (χ0v) is 11.6. The molecule has 1 saturated heterocycles. The summed E-state index contributed by atoms with van der Waals surface area (Å²) < 4.78 is 6.85. The van der Waals surface area contributed by atoms with Crippen molar-refractivity contribution in [2.45, 2.75) is 26.5 Å². The molecule has 1 fully saturated rings. The summed E-state index contributed by atoms with van der Waals surface area (Å²) >= 11 is 0. The second kappa shape index (κ2) is 5.09. The first-order valence-corrected chi connectivity index (χ1v) is 6.65. The Labute approximate surface area is 117 Å². The summed E-state index contributed by atoms with van der Waals surface area (Å²) in [5.41, 5.74) is 4.14. The van der Waals surface area contributed by atoms with Crippen molar-refractivity contribution in [3.8, 4) is 5.69 Å². The first-order chi connectivity index (χ1) is 9.63. The summed E-state index contributed by atoms with van der Waals surface area (Å²) in [7, 11) is 0. The number of epoxide rings is 1. The number of hydrogen-bond donors (Lipinski definition) is 1. The molecule has 0 saturated carbocycles. The van der Waals surface area contributed by atoms with Gasteiger partial charge >= 0.3 is 0 Å². The number of amides is 1. The van der Waals surface area contributed by atoms with Gasteiger partial charge in [0.05, 0.1) is 18.0 Å². The molecular weight excluding hydrogens is 254 g/mol. The monoisotopic (exact) mass is 271 g/mol. The second-order valence-electron chi connectivity index (χ2n) is 5.05. The highest BCUT2D eigenvalue weighted by molar-refractivity contribution is 5.82. The van der Waals surface area contributed by atoms with Gasteiger partial charge in [0.1, 0.15) is 0 Å². The number of rotatable bonds is 4. The Balaban J connectivity index is 1.75. The van der Waals surface area contributed by atoms with Crippen LogP contribution in [0.4, 0.5) is 0 Å². The minimum atomic E-state index is -0.241. The van der Waals surface area contributed by atoms with E-state index in [1.54, 1.807) is 0 Å². The number of nitrogens with one attached hydrogen (secondary N) is 1. The molecule has 1 aliphatic rings. The number of hydrogen-bond acceptors (Lipinski definition) is 3. The summed E-state index contributed by atoms with van der Waals surface area (Å²) in [6.07, 6.45) is -0.241. The van der Waals surface area contributed by atoms with E-state index in [-0.39, 0.29) is 12.0 Å². The molecule has 1 N–H and O–H groups in total. The van der Waals surface area contributed by atoms with Gasteiger partial charge in [-0.05, 0) is 37.6 Å². The summed E-state index contributed by atoms with van der Waals surface area (Å²) in [6.45, 7) is 5.05. The Morgan fingerprint density at radius 1 is 1.45 bits per heavy atom. The van der Waals surface area contributed by atoms with Crippen molar-refractivity contribution >= 4 is 5.91 Å². The van der Waals surface area contributed by atoms with Gasteiger partial charge in [-0.2, -0.15) is 5.10 Å². The highest BCUT2D eigenvalue weighted by atomic mass is 16.6. The van der Waals surface area contributed by atoms with Gasteiger partial charge in [0.2, 0.25) is 0 Å². The van der Waals surface area contributed by atoms with Gasteiger partial charge in [0.15, 0.2) is 6.10 Å². The van der Waals surface area contributed by atoms with Crippen LogP contribution < -0.4 is 5.32 Å². The van der Waals surface area contributed by atoms with E-state index in [0.29, 0.717) is 13.2 Å². The van der Waals surface area contributed by atoms with Crippen molar-refractivity contribution in [2.24, 2.45) is 0 Å². The lowest BCUT2D eigenvalue weighted by Crippen LogP contribution is -2.27. The summed E-state index contributed by atoms with van der Waals surface area (Å²) in [5.74, 6) is -0.0403. The van der Waals surface area contributed by atoms with Crippen molar-refractivity contribution in [1.82, 2.24) is 15.1 Å². The fraction of sp³-hybridized carbons (Fsp3) is 0.333. The Bertz CT molecular complexity index is 644. The standard InChI is InChI=1S/C15H17N3O2/c1-10-6-11(2)18(17-10)13-5-3-4-12(7-13)8-16-15(19)14-9-20-14/h3-7,14H,8-9H2,1-2H3,(H,16,19). The fourth-order valence-electron chi connectivity index (χ4n) is 2.19. The van der Waals surface area contributed by atoms with Crippen molar-refractivity contribution in [2.75, 3.05) is 6.61 Å². The van der Waals surface area contributed by atoms with Crippen LogP contribution >= 0.6 is 0 Å². The molecule has 104 valence electrons. The van der Waals surface area contributed by atoms with Crippen molar-refractivity contribution in [3.63, 3.8) is 0 Å². The maximum absolute atomic E-state index is 11.5. The number of aromatic nitrogens is 2. The third-order valence-electron chi connectivity index (χ3n) is 3.26. The SMILES string of the molecule is Cc1cc(C)n(-c2cccc(CNC(=O)C3CO3)c2)n1. The van der Waals surface area contributed by atoms with E-state index in [4.69, 9.17) is 4.74 Å². The van der Waals surface area contributed by atoms with Crippen LogP contribution in [0.2, 0.25) is 0 Å². The van der Waals surface area contributed by atoms with E-state index in [2.05, 4.69) is 10.4 Å². The number of aryl methyl sites for hydroxylation is 2. The van der Waals surface area contributed by atoms with Gasteiger partial charge in [0.25, 0.3) is 5.91 Å². The summed E-state index contributed by atoms with van der Waals surface area (Å²) in [5, 5.41) is 7.33. The zero-order valence-electron chi connectivity index (χ0n) is 11.6. The Morgan fingerprint density at radius 3 is 2.90 bits per heavy atom. The highest BCUT2D eigenvalue weighted by Gasteiger charge is 2.30. The Hall–Kier alpha value is -2.14. The topological polar surface area (TPSA) is 59.5 Å². The molecule has 1 unspecified atom stereocenters. The third-order valence-corrected chi connectivity index (χ3v) is 3.26. The molecule has 1 aromatic heterocycles. The molecule has 0 aliphatic carbocycles. The Kier molecular flexibility index (Phi) is 3.28. The largest absolute Gasteiger partial charge is 0.363 e. The molecule has 1 atom stereocenters. The molecule has 5 nitrogen and oxygen atoms in total. The van der Waals surface area contributed by atoms with E-state index in [0.717, 1.165) is 22.6 Å².